The molecule has 3 nitrogen and oxygen atoms in total. The Balaban J connectivity index is 2.86. The molecule has 2 unspecified atom stereocenters. The summed E-state index contributed by atoms with van der Waals surface area (Å²) in [6, 6.07) is 8.49. The molecule has 0 aliphatic heterocycles. The molecule has 1 N–H and O–H groups in total. The highest BCUT2D eigenvalue weighted by atomic mass is 32.2. The van der Waals surface area contributed by atoms with Crippen LogP contribution in [0.25, 0.3) is 0 Å². The fraction of sp³-hybridized carbons (Fsp3) is 0.500. The third kappa shape index (κ3) is 4.03. The largest absolute Gasteiger partial charge is 0.481 e. The Morgan fingerprint density at radius 3 is 2.28 bits per heavy atom. The average Bonchev–Trinajstić information content (AvgIpc) is 2.35. The maximum atomic E-state index is 11.0. The third-order valence-corrected chi connectivity index (χ3v) is 3.87. The SMILES string of the molecule is CSc1ccc(C(CC(C)C(=O)O)N(C)C)cc1. The van der Waals surface area contributed by atoms with E-state index in [1.165, 1.54) is 10.5 Å². The summed E-state index contributed by atoms with van der Waals surface area (Å²) in [6.45, 7) is 1.76. The van der Waals surface area contributed by atoms with E-state index in [2.05, 4.69) is 29.2 Å². The first-order chi connectivity index (χ1) is 8.45. The van der Waals surface area contributed by atoms with Gasteiger partial charge in [0.25, 0.3) is 0 Å². The minimum atomic E-state index is -0.734. The molecule has 0 saturated carbocycles. The lowest BCUT2D eigenvalue weighted by molar-refractivity contribution is -0.141. The maximum absolute atomic E-state index is 11.0. The lowest BCUT2D eigenvalue weighted by Gasteiger charge is -2.26. The van der Waals surface area contributed by atoms with Gasteiger partial charge in [-0.3, -0.25) is 4.79 Å². The van der Waals surface area contributed by atoms with Crippen molar-refractivity contribution in [3.8, 4) is 0 Å². The number of benzene rings is 1. The number of hydrogen-bond acceptors (Lipinski definition) is 3. The second kappa shape index (κ2) is 6.81. The zero-order valence-corrected chi connectivity index (χ0v) is 12.2. The van der Waals surface area contributed by atoms with Gasteiger partial charge >= 0.3 is 5.97 Å². The Kier molecular flexibility index (Phi) is 5.69. The molecule has 1 aromatic carbocycles. The molecular formula is C14H21NO2S. The van der Waals surface area contributed by atoms with E-state index in [0.29, 0.717) is 6.42 Å². The first-order valence-corrected chi connectivity index (χ1v) is 7.21. The quantitative estimate of drug-likeness (QED) is 0.804. The van der Waals surface area contributed by atoms with E-state index in [9.17, 15) is 4.79 Å². The second-order valence-corrected chi connectivity index (χ2v) is 5.61. The van der Waals surface area contributed by atoms with E-state index in [-0.39, 0.29) is 12.0 Å². The highest BCUT2D eigenvalue weighted by Crippen LogP contribution is 2.27. The van der Waals surface area contributed by atoms with Gasteiger partial charge < -0.3 is 10.0 Å². The zero-order valence-electron chi connectivity index (χ0n) is 11.4. The molecule has 0 fully saturated rings. The number of aliphatic carboxylic acids is 1. The van der Waals surface area contributed by atoms with Crippen molar-refractivity contribution >= 4 is 17.7 Å². The first kappa shape index (κ1) is 15.1. The maximum Gasteiger partial charge on any atom is 0.306 e. The van der Waals surface area contributed by atoms with Crippen LogP contribution >= 0.6 is 11.8 Å². The molecule has 4 heteroatoms. The van der Waals surface area contributed by atoms with Crippen molar-refractivity contribution in [2.75, 3.05) is 20.4 Å². The molecule has 0 heterocycles. The number of rotatable bonds is 6. The summed E-state index contributed by atoms with van der Waals surface area (Å²) in [5.41, 5.74) is 1.17. The predicted molar refractivity (Wildman–Crippen MR) is 76.1 cm³/mol. The fourth-order valence-corrected chi connectivity index (χ4v) is 2.32. The summed E-state index contributed by atoms with van der Waals surface area (Å²) in [7, 11) is 3.98. The van der Waals surface area contributed by atoms with Crippen LogP contribution in [0.2, 0.25) is 0 Å². The lowest BCUT2D eigenvalue weighted by atomic mass is 9.95. The van der Waals surface area contributed by atoms with Crippen molar-refractivity contribution in [2.45, 2.75) is 24.3 Å². The van der Waals surface area contributed by atoms with Gasteiger partial charge in [-0.2, -0.15) is 0 Å². The van der Waals surface area contributed by atoms with Crippen LogP contribution in [-0.2, 0) is 4.79 Å². The van der Waals surface area contributed by atoms with E-state index in [0.717, 1.165) is 0 Å². The van der Waals surface area contributed by atoms with Gasteiger partial charge in [-0.05, 0) is 44.5 Å². The van der Waals surface area contributed by atoms with Crippen molar-refractivity contribution in [1.29, 1.82) is 0 Å². The molecule has 0 spiro atoms. The van der Waals surface area contributed by atoms with Crippen molar-refractivity contribution in [3.05, 3.63) is 29.8 Å². The van der Waals surface area contributed by atoms with Gasteiger partial charge in [0.15, 0.2) is 0 Å². The second-order valence-electron chi connectivity index (χ2n) is 4.73. The van der Waals surface area contributed by atoms with Crippen LogP contribution in [0.5, 0.6) is 0 Å². The van der Waals surface area contributed by atoms with Crippen LogP contribution in [0, 0.1) is 5.92 Å². The van der Waals surface area contributed by atoms with Crippen molar-refractivity contribution in [1.82, 2.24) is 4.90 Å². The molecule has 0 amide bonds. The summed E-state index contributed by atoms with van der Waals surface area (Å²) in [4.78, 5) is 14.3. The molecule has 0 radical (unpaired) electrons. The Bertz CT molecular complexity index is 389. The van der Waals surface area contributed by atoms with Gasteiger partial charge in [0.05, 0.1) is 5.92 Å². The standard InChI is InChI=1S/C14H21NO2S/c1-10(14(16)17)9-13(15(2)3)11-5-7-12(18-4)8-6-11/h5-8,10,13H,9H2,1-4H3,(H,16,17). The fourth-order valence-electron chi connectivity index (χ4n) is 1.91. The number of carbonyl (C=O) groups is 1. The molecule has 0 aliphatic rings. The summed E-state index contributed by atoms with van der Waals surface area (Å²) >= 11 is 1.71. The van der Waals surface area contributed by atoms with Crippen molar-refractivity contribution < 1.29 is 9.90 Å². The third-order valence-electron chi connectivity index (χ3n) is 3.12. The average molecular weight is 267 g/mol. The first-order valence-electron chi connectivity index (χ1n) is 5.99. The van der Waals surface area contributed by atoms with Crippen molar-refractivity contribution in [2.24, 2.45) is 5.92 Å². The number of carboxylic acid groups (broad SMARTS) is 1. The van der Waals surface area contributed by atoms with Gasteiger partial charge in [0.1, 0.15) is 0 Å². The van der Waals surface area contributed by atoms with Crippen LogP contribution in [0.1, 0.15) is 24.9 Å². The summed E-state index contributed by atoms with van der Waals surface area (Å²) in [6.07, 6.45) is 2.67. The molecule has 0 bridgehead atoms. The number of thioether (sulfide) groups is 1. The smallest absolute Gasteiger partial charge is 0.306 e. The van der Waals surface area contributed by atoms with Gasteiger partial charge in [0.2, 0.25) is 0 Å². The van der Waals surface area contributed by atoms with Crippen LogP contribution in [0.4, 0.5) is 0 Å². The topological polar surface area (TPSA) is 40.5 Å². The molecule has 2 atom stereocenters. The molecule has 0 aromatic heterocycles. The molecule has 0 aliphatic carbocycles. The van der Waals surface area contributed by atoms with Crippen LogP contribution < -0.4 is 0 Å². The van der Waals surface area contributed by atoms with Gasteiger partial charge in [-0.15, -0.1) is 11.8 Å². The summed E-state index contributed by atoms with van der Waals surface area (Å²) in [5.74, 6) is -1.07. The molecule has 1 rings (SSSR count). The minimum Gasteiger partial charge on any atom is -0.481 e. The van der Waals surface area contributed by atoms with Crippen LogP contribution in [-0.4, -0.2) is 36.3 Å². The summed E-state index contributed by atoms with van der Waals surface area (Å²) in [5, 5.41) is 9.02. The van der Waals surface area contributed by atoms with Crippen LogP contribution in [0.15, 0.2) is 29.2 Å². The highest BCUT2D eigenvalue weighted by Gasteiger charge is 2.21. The summed E-state index contributed by atoms with van der Waals surface area (Å²) < 4.78 is 0. The number of nitrogens with zero attached hydrogens (tertiary/aromatic N) is 1. The van der Waals surface area contributed by atoms with E-state index >= 15 is 0 Å². The van der Waals surface area contributed by atoms with E-state index < -0.39 is 5.97 Å². The van der Waals surface area contributed by atoms with E-state index in [4.69, 9.17) is 5.11 Å². The van der Waals surface area contributed by atoms with E-state index in [1.54, 1.807) is 18.7 Å². The Labute approximate surface area is 113 Å². The molecular weight excluding hydrogens is 246 g/mol. The highest BCUT2D eigenvalue weighted by molar-refractivity contribution is 7.98. The van der Waals surface area contributed by atoms with Crippen molar-refractivity contribution in [3.63, 3.8) is 0 Å². The number of carboxylic acids is 1. The monoisotopic (exact) mass is 267 g/mol. The molecule has 1 aromatic rings. The molecule has 18 heavy (non-hydrogen) atoms. The molecule has 0 saturated heterocycles. The van der Waals surface area contributed by atoms with Gasteiger partial charge in [-0.1, -0.05) is 19.1 Å². The van der Waals surface area contributed by atoms with Gasteiger partial charge in [0, 0.05) is 10.9 Å². The Hall–Kier alpha value is -1.00. The van der Waals surface area contributed by atoms with Gasteiger partial charge in [-0.25, -0.2) is 0 Å². The zero-order chi connectivity index (χ0) is 13.7. The Morgan fingerprint density at radius 1 is 1.33 bits per heavy atom. The van der Waals surface area contributed by atoms with E-state index in [1.807, 2.05) is 20.4 Å². The Morgan fingerprint density at radius 2 is 1.89 bits per heavy atom. The van der Waals surface area contributed by atoms with Crippen LogP contribution in [0.3, 0.4) is 0 Å². The predicted octanol–water partition coefficient (Wildman–Crippen LogP) is 3.12. The normalized spacial score (nSPS) is 14.5. The molecule has 100 valence electrons. The lowest BCUT2D eigenvalue weighted by Crippen LogP contribution is -2.24. The minimum absolute atomic E-state index is 0.145. The number of hydrogen-bond donors (Lipinski definition) is 1.